The topological polar surface area (TPSA) is 78.6 Å². The van der Waals surface area contributed by atoms with Gasteiger partial charge in [-0.05, 0) is 37.5 Å². The van der Waals surface area contributed by atoms with Crippen molar-refractivity contribution < 1.29 is 17.9 Å². The van der Waals surface area contributed by atoms with Crippen molar-refractivity contribution in [3.05, 3.63) is 22.2 Å². The highest BCUT2D eigenvalue weighted by Gasteiger charge is 2.23. The van der Waals surface area contributed by atoms with Gasteiger partial charge in [0.05, 0.1) is 6.61 Å². The maximum absolute atomic E-state index is 11.6. The van der Waals surface area contributed by atoms with Gasteiger partial charge in [-0.3, -0.25) is 0 Å². The molecule has 106 valence electrons. The molecule has 1 fully saturated rings. The minimum Gasteiger partial charge on any atom is -0.486 e. The highest BCUT2D eigenvalue weighted by molar-refractivity contribution is 9.10. The number of sulfonamides is 1. The highest BCUT2D eigenvalue weighted by atomic mass is 79.9. The van der Waals surface area contributed by atoms with E-state index in [4.69, 9.17) is 14.6 Å². The zero-order valence-corrected chi connectivity index (χ0v) is 13.0. The third-order valence-electron chi connectivity index (χ3n) is 2.91. The number of ether oxygens (including phenoxy) is 2. The van der Waals surface area contributed by atoms with Crippen molar-refractivity contribution >= 4 is 26.0 Å². The lowest BCUT2D eigenvalue weighted by Crippen LogP contribution is -2.29. The van der Waals surface area contributed by atoms with Crippen molar-refractivity contribution in [3.63, 3.8) is 0 Å². The fourth-order valence-corrected chi connectivity index (χ4v) is 3.51. The summed E-state index contributed by atoms with van der Waals surface area (Å²) in [4.78, 5) is 0.00458. The molecular weight excluding hydrogens is 334 g/mol. The summed E-state index contributed by atoms with van der Waals surface area (Å²) in [5.41, 5.74) is 0.726. The van der Waals surface area contributed by atoms with E-state index in [2.05, 4.69) is 15.9 Å². The molecule has 1 aromatic carbocycles. The van der Waals surface area contributed by atoms with Crippen LogP contribution in [-0.2, 0) is 14.8 Å². The van der Waals surface area contributed by atoms with E-state index in [1.54, 1.807) is 13.0 Å². The number of primary sulfonamides is 1. The minimum absolute atomic E-state index is 0.00458. The average molecular weight is 350 g/mol. The third kappa shape index (κ3) is 3.68. The Morgan fingerprint density at radius 1 is 1.47 bits per heavy atom. The number of rotatable bonds is 3. The lowest BCUT2D eigenvalue weighted by atomic mass is 10.1. The molecule has 1 saturated heterocycles. The third-order valence-corrected chi connectivity index (χ3v) is 4.29. The van der Waals surface area contributed by atoms with Gasteiger partial charge in [-0.25, -0.2) is 13.6 Å². The van der Waals surface area contributed by atoms with Crippen LogP contribution in [0.2, 0.25) is 0 Å². The predicted octanol–water partition coefficient (Wildman–Crippen LogP) is 1.96. The van der Waals surface area contributed by atoms with Gasteiger partial charge in [0.1, 0.15) is 16.7 Å². The van der Waals surface area contributed by atoms with Crippen molar-refractivity contribution in [2.45, 2.75) is 30.8 Å². The van der Waals surface area contributed by atoms with E-state index in [0.717, 1.165) is 25.0 Å². The van der Waals surface area contributed by atoms with Crippen LogP contribution in [0.5, 0.6) is 5.75 Å². The van der Waals surface area contributed by atoms with Gasteiger partial charge < -0.3 is 9.47 Å². The SMILES string of the molecule is Cc1cc(Br)cc(S(N)(=O)=O)c1OC1CCCOC1. The summed E-state index contributed by atoms with van der Waals surface area (Å²) in [5.74, 6) is 0.321. The highest BCUT2D eigenvalue weighted by Crippen LogP contribution is 2.32. The van der Waals surface area contributed by atoms with E-state index in [-0.39, 0.29) is 11.0 Å². The summed E-state index contributed by atoms with van der Waals surface area (Å²) in [7, 11) is -3.83. The van der Waals surface area contributed by atoms with Crippen LogP contribution >= 0.6 is 15.9 Å². The van der Waals surface area contributed by atoms with Crippen LogP contribution in [0.1, 0.15) is 18.4 Å². The molecule has 19 heavy (non-hydrogen) atoms. The average Bonchev–Trinajstić information content (AvgIpc) is 2.32. The maximum atomic E-state index is 11.6. The maximum Gasteiger partial charge on any atom is 0.241 e. The Morgan fingerprint density at radius 2 is 2.21 bits per heavy atom. The van der Waals surface area contributed by atoms with Crippen molar-refractivity contribution in [2.75, 3.05) is 13.2 Å². The first kappa shape index (κ1) is 14.8. The Kier molecular flexibility index (Phi) is 4.50. The molecule has 1 unspecified atom stereocenters. The molecule has 2 N–H and O–H groups in total. The van der Waals surface area contributed by atoms with Crippen LogP contribution < -0.4 is 9.88 Å². The second kappa shape index (κ2) is 5.78. The normalized spacial score (nSPS) is 20.3. The summed E-state index contributed by atoms with van der Waals surface area (Å²) in [6, 6.07) is 3.26. The summed E-state index contributed by atoms with van der Waals surface area (Å²) in [6.07, 6.45) is 1.62. The molecular formula is C12H16BrNO4S. The molecule has 5 nitrogen and oxygen atoms in total. The molecule has 0 aromatic heterocycles. The van der Waals surface area contributed by atoms with Gasteiger partial charge in [0, 0.05) is 11.1 Å². The molecule has 1 heterocycles. The molecule has 0 saturated carbocycles. The van der Waals surface area contributed by atoms with Gasteiger partial charge in [0.25, 0.3) is 0 Å². The van der Waals surface area contributed by atoms with Crippen LogP contribution in [0, 0.1) is 6.92 Å². The monoisotopic (exact) mass is 349 g/mol. The van der Waals surface area contributed by atoms with Crippen LogP contribution in [-0.4, -0.2) is 27.7 Å². The molecule has 0 radical (unpaired) electrons. The van der Waals surface area contributed by atoms with E-state index >= 15 is 0 Å². The first-order valence-electron chi connectivity index (χ1n) is 5.95. The Bertz CT molecular complexity index is 567. The molecule has 0 bridgehead atoms. The van der Waals surface area contributed by atoms with Gasteiger partial charge in [0.15, 0.2) is 0 Å². The van der Waals surface area contributed by atoms with Crippen molar-refractivity contribution in [1.82, 2.24) is 0 Å². The summed E-state index contributed by atoms with van der Waals surface area (Å²) in [6.45, 7) is 2.99. The van der Waals surface area contributed by atoms with Gasteiger partial charge in [0.2, 0.25) is 10.0 Å². The second-order valence-corrected chi connectivity index (χ2v) is 7.00. The Hall–Kier alpha value is -0.630. The van der Waals surface area contributed by atoms with Crippen molar-refractivity contribution in [2.24, 2.45) is 5.14 Å². The van der Waals surface area contributed by atoms with Crippen LogP contribution in [0.3, 0.4) is 0 Å². The van der Waals surface area contributed by atoms with Crippen LogP contribution in [0.25, 0.3) is 0 Å². The van der Waals surface area contributed by atoms with Crippen LogP contribution in [0.15, 0.2) is 21.5 Å². The molecule has 2 rings (SSSR count). The van der Waals surface area contributed by atoms with Crippen molar-refractivity contribution in [3.8, 4) is 5.75 Å². The van der Waals surface area contributed by atoms with Gasteiger partial charge in [-0.15, -0.1) is 0 Å². The molecule has 7 heteroatoms. The number of hydrogen-bond donors (Lipinski definition) is 1. The van der Waals surface area contributed by atoms with E-state index in [1.807, 2.05) is 0 Å². The molecule has 0 amide bonds. The van der Waals surface area contributed by atoms with E-state index < -0.39 is 10.0 Å². The van der Waals surface area contributed by atoms with Crippen LogP contribution in [0.4, 0.5) is 0 Å². The fraction of sp³-hybridized carbons (Fsp3) is 0.500. The van der Waals surface area contributed by atoms with E-state index in [9.17, 15) is 8.42 Å². The number of hydrogen-bond acceptors (Lipinski definition) is 4. The standard InChI is InChI=1S/C12H16BrNO4S/c1-8-5-9(13)6-11(19(14,15)16)12(8)18-10-3-2-4-17-7-10/h5-6,10H,2-4,7H2,1H3,(H2,14,15,16). The lowest BCUT2D eigenvalue weighted by Gasteiger charge is -2.25. The number of nitrogens with two attached hydrogens (primary N) is 1. The van der Waals surface area contributed by atoms with Gasteiger partial charge in [-0.1, -0.05) is 15.9 Å². The zero-order valence-electron chi connectivity index (χ0n) is 10.6. The molecule has 1 aliphatic rings. The smallest absolute Gasteiger partial charge is 0.241 e. The molecule has 1 aliphatic heterocycles. The second-order valence-electron chi connectivity index (χ2n) is 4.55. The number of benzene rings is 1. The molecule has 1 aromatic rings. The minimum atomic E-state index is -3.83. The lowest BCUT2D eigenvalue weighted by molar-refractivity contribution is 0.00590. The zero-order chi connectivity index (χ0) is 14.0. The summed E-state index contributed by atoms with van der Waals surface area (Å²) in [5, 5.41) is 5.24. The summed E-state index contributed by atoms with van der Waals surface area (Å²) >= 11 is 3.26. The van der Waals surface area contributed by atoms with Gasteiger partial charge >= 0.3 is 0 Å². The quantitative estimate of drug-likeness (QED) is 0.904. The van der Waals surface area contributed by atoms with Crippen molar-refractivity contribution in [1.29, 1.82) is 0 Å². The largest absolute Gasteiger partial charge is 0.486 e. The Balaban J connectivity index is 2.37. The Labute approximate surface area is 121 Å². The van der Waals surface area contributed by atoms with Gasteiger partial charge in [-0.2, -0.15) is 0 Å². The van der Waals surface area contributed by atoms with E-state index in [1.165, 1.54) is 6.07 Å². The molecule has 0 spiro atoms. The summed E-state index contributed by atoms with van der Waals surface area (Å²) < 4.78 is 35.1. The molecule has 1 atom stereocenters. The number of halogens is 1. The fourth-order valence-electron chi connectivity index (χ4n) is 2.03. The Morgan fingerprint density at radius 3 is 2.79 bits per heavy atom. The van der Waals surface area contributed by atoms with E-state index in [0.29, 0.717) is 16.8 Å². The first-order valence-corrected chi connectivity index (χ1v) is 8.29. The number of aryl methyl sites for hydroxylation is 1. The molecule has 0 aliphatic carbocycles. The first-order chi connectivity index (χ1) is 8.88. The predicted molar refractivity (Wildman–Crippen MR) is 74.7 cm³/mol.